The molecule has 98 valence electrons. The monoisotopic (exact) mass is 277 g/mol. The summed E-state index contributed by atoms with van der Waals surface area (Å²) in [5.41, 5.74) is 7.69. The summed E-state index contributed by atoms with van der Waals surface area (Å²) in [6.45, 7) is 7.84. The molecule has 0 amide bonds. The molecule has 0 bridgehead atoms. The molecule has 2 atom stereocenters. The molecule has 0 aliphatic rings. The Hall–Kier alpha value is -0.280. The lowest BCUT2D eigenvalue weighted by Gasteiger charge is -2.31. The van der Waals surface area contributed by atoms with Gasteiger partial charge in [-0.2, -0.15) is 0 Å². The first kappa shape index (κ1) is 16.7. The molecule has 0 saturated heterocycles. The zero-order valence-electron chi connectivity index (χ0n) is 10.7. The van der Waals surface area contributed by atoms with Gasteiger partial charge in [0.05, 0.1) is 12.1 Å². The average molecular weight is 278 g/mol. The SMILES string of the molecule is Cc1ccc([C@@H](N)[C@@H](O)C(C)(C)C)cc1Cl.Cl. The Morgan fingerprint density at radius 2 is 1.82 bits per heavy atom. The minimum absolute atomic E-state index is 0. The molecule has 0 spiro atoms. The molecule has 1 aromatic carbocycles. The largest absolute Gasteiger partial charge is 0.391 e. The Morgan fingerprint density at radius 3 is 2.24 bits per heavy atom. The molecule has 0 unspecified atom stereocenters. The van der Waals surface area contributed by atoms with Gasteiger partial charge in [0.25, 0.3) is 0 Å². The van der Waals surface area contributed by atoms with Crippen LogP contribution in [0.25, 0.3) is 0 Å². The highest BCUT2D eigenvalue weighted by atomic mass is 35.5. The number of aliphatic hydroxyl groups excluding tert-OH is 1. The summed E-state index contributed by atoms with van der Waals surface area (Å²) >= 11 is 6.04. The molecule has 0 fully saturated rings. The Bertz CT molecular complexity index is 374. The van der Waals surface area contributed by atoms with E-state index in [-0.39, 0.29) is 17.8 Å². The zero-order chi connectivity index (χ0) is 12.5. The van der Waals surface area contributed by atoms with Gasteiger partial charge in [0, 0.05) is 5.02 Å². The van der Waals surface area contributed by atoms with Crippen molar-refractivity contribution in [3.8, 4) is 0 Å². The van der Waals surface area contributed by atoms with Gasteiger partial charge >= 0.3 is 0 Å². The van der Waals surface area contributed by atoms with Crippen LogP contribution < -0.4 is 5.73 Å². The Morgan fingerprint density at radius 1 is 1.29 bits per heavy atom. The Kier molecular flexibility index (Phi) is 5.95. The molecule has 0 aliphatic carbocycles. The molecular formula is C13H21Cl2NO. The van der Waals surface area contributed by atoms with E-state index in [2.05, 4.69) is 0 Å². The lowest BCUT2D eigenvalue weighted by molar-refractivity contribution is 0.0401. The number of nitrogens with two attached hydrogens (primary N) is 1. The van der Waals surface area contributed by atoms with Gasteiger partial charge in [-0.25, -0.2) is 0 Å². The van der Waals surface area contributed by atoms with Crippen LogP contribution in [0.2, 0.25) is 5.02 Å². The van der Waals surface area contributed by atoms with Crippen molar-refractivity contribution in [3.05, 3.63) is 34.3 Å². The third-order valence-corrected chi connectivity index (χ3v) is 3.22. The number of aliphatic hydroxyl groups is 1. The number of rotatable bonds is 2. The zero-order valence-corrected chi connectivity index (χ0v) is 12.3. The number of aryl methyl sites for hydroxylation is 1. The maximum Gasteiger partial charge on any atom is 0.0780 e. The van der Waals surface area contributed by atoms with Crippen molar-refractivity contribution >= 4 is 24.0 Å². The van der Waals surface area contributed by atoms with E-state index in [0.717, 1.165) is 11.1 Å². The van der Waals surface area contributed by atoms with Crippen LogP contribution in [-0.2, 0) is 0 Å². The van der Waals surface area contributed by atoms with E-state index in [9.17, 15) is 5.11 Å². The molecule has 0 radical (unpaired) electrons. The fourth-order valence-electron chi connectivity index (χ4n) is 1.54. The Balaban J connectivity index is 0.00000256. The van der Waals surface area contributed by atoms with Gasteiger partial charge in [-0.1, -0.05) is 44.5 Å². The number of benzene rings is 1. The maximum atomic E-state index is 10.1. The maximum absolute atomic E-state index is 10.1. The van der Waals surface area contributed by atoms with Gasteiger partial charge in [0.1, 0.15) is 0 Å². The van der Waals surface area contributed by atoms with Crippen molar-refractivity contribution in [1.29, 1.82) is 0 Å². The average Bonchev–Trinajstić information content (AvgIpc) is 2.18. The first-order chi connectivity index (χ1) is 7.23. The van der Waals surface area contributed by atoms with E-state index in [1.807, 2.05) is 45.9 Å². The third-order valence-electron chi connectivity index (χ3n) is 2.81. The van der Waals surface area contributed by atoms with Crippen LogP contribution in [0.15, 0.2) is 18.2 Å². The quantitative estimate of drug-likeness (QED) is 0.870. The van der Waals surface area contributed by atoms with Crippen molar-refractivity contribution in [1.82, 2.24) is 0 Å². The van der Waals surface area contributed by atoms with Crippen LogP contribution in [0.5, 0.6) is 0 Å². The first-order valence-corrected chi connectivity index (χ1v) is 5.81. The second-order valence-corrected chi connectivity index (χ2v) is 5.75. The molecule has 0 aromatic heterocycles. The molecule has 3 N–H and O–H groups in total. The molecule has 0 heterocycles. The smallest absolute Gasteiger partial charge is 0.0780 e. The topological polar surface area (TPSA) is 46.2 Å². The van der Waals surface area contributed by atoms with Gasteiger partial charge in [-0.15, -0.1) is 12.4 Å². The summed E-state index contributed by atoms with van der Waals surface area (Å²) in [4.78, 5) is 0. The van der Waals surface area contributed by atoms with E-state index in [1.165, 1.54) is 0 Å². The molecule has 0 aliphatic heterocycles. The second-order valence-electron chi connectivity index (χ2n) is 5.35. The molecule has 2 nitrogen and oxygen atoms in total. The fourth-order valence-corrected chi connectivity index (χ4v) is 1.73. The van der Waals surface area contributed by atoms with Crippen LogP contribution >= 0.6 is 24.0 Å². The second kappa shape index (κ2) is 6.05. The first-order valence-electron chi connectivity index (χ1n) is 5.43. The van der Waals surface area contributed by atoms with E-state index >= 15 is 0 Å². The summed E-state index contributed by atoms with van der Waals surface area (Å²) in [5.74, 6) is 0. The van der Waals surface area contributed by atoms with Gasteiger partial charge < -0.3 is 10.8 Å². The van der Waals surface area contributed by atoms with Crippen LogP contribution in [0.1, 0.15) is 37.9 Å². The van der Waals surface area contributed by atoms with Gasteiger partial charge in [0.2, 0.25) is 0 Å². The summed E-state index contributed by atoms with van der Waals surface area (Å²) < 4.78 is 0. The molecular weight excluding hydrogens is 257 g/mol. The molecule has 1 rings (SSSR count). The molecule has 0 saturated carbocycles. The predicted molar refractivity (Wildman–Crippen MR) is 75.8 cm³/mol. The minimum Gasteiger partial charge on any atom is -0.391 e. The fraction of sp³-hybridized carbons (Fsp3) is 0.538. The predicted octanol–water partition coefficient (Wildman–Crippen LogP) is 3.48. The van der Waals surface area contributed by atoms with Crippen molar-refractivity contribution in [2.45, 2.75) is 39.8 Å². The highest BCUT2D eigenvalue weighted by Crippen LogP contribution is 2.30. The van der Waals surface area contributed by atoms with Gasteiger partial charge in [-0.05, 0) is 29.5 Å². The lowest BCUT2D eigenvalue weighted by Crippen LogP contribution is -2.36. The summed E-state index contributed by atoms with van der Waals surface area (Å²) in [5, 5.41) is 10.8. The van der Waals surface area contributed by atoms with Crippen molar-refractivity contribution < 1.29 is 5.11 Å². The standard InChI is InChI=1S/C13H20ClNO.ClH/c1-8-5-6-9(7-10(8)14)11(15)12(16)13(2,3)4;/h5-7,11-12,16H,15H2,1-4H3;1H/t11-,12-;/m1./s1. The van der Waals surface area contributed by atoms with Crippen LogP contribution in [0.4, 0.5) is 0 Å². The van der Waals surface area contributed by atoms with Crippen molar-refractivity contribution in [2.24, 2.45) is 11.1 Å². The third kappa shape index (κ3) is 4.14. The van der Waals surface area contributed by atoms with Crippen molar-refractivity contribution in [2.75, 3.05) is 0 Å². The number of halogens is 2. The molecule has 17 heavy (non-hydrogen) atoms. The summed E-state index contributed by atoms with van der Waals surface area (Å²) in [7, 11) is 0. The number of hydrogen-bond acceptors (Lipinski definition) is 2. The van der Waals surface area contributed by atoms with E-state index in [1.54, 1.807) is 0 Å². The lowest BCUT2D eigenvalue weighted by atomic mass is 9.82. The highest BCUT2D eigenvalue weighted by Gasteiger charge is 2.29. The Labute approximate surface area is 115 Å². The van der Waals surface area contributed by atoms with Crippen LogP contribution in [-0.4, -0.2) is 11.2 Å². The van der Waals surface area contributed by atoms with Crippen LogP contribution in [0.3, 0.4) is 0 Å². The molecule has 1 aromatic rings. The van der Waals surface area contributed by atoms with Gasteiger partial charge in [-0.3, -0.25) is 0 Å². The normalized spacial score (nSPS) is 15.0. The van der Waals surface area contributed by atoms with E-state index < -0.39 is 12.1 Å². The molecule has 4 heteroatoms. The number of hydrogen-bond donors (Lipinski definition) is 2. The summed E-state index contributed by atoms with van der Waals surface area (Å²) in [6, 6.07) is 5.27. The van der Waals surface area contributed by atoms with Gasteiger partial charge in [0.15, 0.2) is 0 Å². The van der Waals surface area contributed by atoms with Crippen molar-refractivity contribution in [3.63, 3.8) is 0 Å². The summed E-state index contributed by atoms with van der Waals surface area (Å²) in [6.07, 6.45) is -0.591. The van der Waals surface area contributed by atoms with E-state index in [4.69, 9.17) is 17.3 Å². The minimum atomic E-state index is -0.591. The highest BCUT2D eigenvalue weighted by molar-refractivity contribution is 6.31. The van der Waals surface area contributed by atoms with Crippen LogP contribution in [0, 0.1) is 12.3 Å². The van der Waals surface area contributed by atoms with E-state index in [0.29, 0.717) is 5.02 Å².